The van der Waals surface area contributed by atoms with Crippen molar-refractivity contribution in [2.24, 2.45) is 10.9 Å². The normalized spacial score (nSPS) is 33.3. The van der Waals surface area contributed by atoms with Gasteiger partial charge < -0.3 is 19.4 Å². The minimum absolute atomic E-state index is 0.0716. The van der Waals surface area contributed by atoms with Crippen molar-refractivity contribution < 1.29 is 18.7 Å². The summed E-state index contributed by atoms with van der Waals surface area (Å²) in [6.07, 6.45) is 4.73. The first-order valence-corrected chi connectivity index (χ1v) is 15.4. The van der Waals surface area contributed by atoms with Gasteiger partial charge in [-0.05, 0) is 63.9 Å². The third-order valence-corrected chi connectivity index (χ3v) is 11.0. The van der Waals surface area contributed by atoms with Crippen LogP contribution in [-0.4, -0.2) is 101 Å². The van der Waals surface area contributed by atoms with Gasteiger partial charge in [-0.3, -0.25) is 14.9 Å². The smallest absolute Gasteiger partial charge is 0.246 e. The predicted octanol–water partition coefficient (Wildman–Crippen LogP) is 2.57. The first kappa shape index (κ1) is 28.3. The van der Waals surface area contributed by atoms with Crippen molar-refractivity contribution in [1.29, 1.82) is 5.26 Å². The second-order valence-corrected chi connectivity index (χ2v) is 13.2. The number of carbonyl (C=O) groups excluding carboxylic acids is 2. The number of amides is 1. The number of piperazine rings is 1. The number of fused-ring (bicyclic) bond motifs is 2. The monoisotopic (exact) mass is 580 g/mol. The zero-order valence-electron chi connectivity index (χ0n) is 23.4. The molecule has 1 aromatic carbocycles. The van der Waals surface area contributed by atoms with Crippen molar-refractivity contribution >= 4 is 29.3 Å². The summed E-state index contributed by atoms with van der Waals surface area (Å²) in [5, 5.41) is 12.9. The number of amidine groups is 1. The molecule has 0 radical (unpaired) electrons. The molecule has 5 aliphatic rings. The molecule has 218 valence electrons. The summed E-state index contributed by atoms with van der Waals surface area (Å²) in [6.45, 7) is 6.62. The van der Waals surface area contributed by atoms with Crippen LogP contribution < -0.4 is 5.32 Å². The Morgan fingerprint density at radius 1 is 1.34 bits per heavy atom. The van der Waals surface area contributed by atoms with Crippen molar-refractivity contribution in [3.8, 4) is 6.07 Å². The van der Waals surface area contributed by atoms with Gasteiger partial charge in [0.05, 0.1) is 35.9 Å². The first-order valence-electron chi connectivity index (χ1n) is 14.5. The number of ketones is 1. The Morgan fingerprint density at radius 2 is 2.20 bits per heavy atom. The molecule has 1 aromatic rings. The number of rotatable bonds is 5. The molecule has 9 nitrogen and oxygen atoms in total. The van der Waals surface area contributed by atoms with E-state index in [2.05, 4.69) is 34.8 Å². The summed E-state index contributed by atoms with van der Waals surface area (Å²) in [7, 11) is 2.10. The van der Waals surface area contributed by atoms with Crippen molar-refractivity contribution in [3.63, 3.8) is 0 Å². The summed E-state index contributed by atoms with van der Waals surface area (Å²) >= 11 is 1.50. The zero-order chi connectivity index (χ0) is 28.7. The molecular weight excluding hydrogens is 543 g/mol. The number of Topliss-reactive ketones (excluding diaryl/α,β-unsaturated/α-hetero) is 1. The Bertz CT molecular complexity index is 1300. The SMILES string of the molecule is C=CC(=O)N1CCN(C2=NC(OCC3CCCN3C)NC3C(=O)[C@]4(CCC23)Cc2c(F)cccc2S4)CC1CC#N. The van der Waals surface area contributed by atoms with Crippen molar-refractivity contribution in [2.75, 3.05) is 39.8 Å². The van der Waals surface area contributed by atoms with Crippen LogP contribution >= 0.6 is 11.8 Å². The van der Waals surface area contributed by atoms with Gasteiger partial charge in [0.1, 0.15) is 11.7 Å². The topological polar surface area (TPSA) is 101 Å². The molecule has 3 fully saturated rings. The third-order valence-electron chi connectivity index (χ3n) is 9.45. The van der Waals surface area contributed by atoms with E-state index in [9.17, 15) is 19.2 Å². The first-order chi connectivity index (χ1) is 19.8. The molecule has 5 unspecified atom stereocenters. The summed E-state index contributed by atoms with van der Waals surface area (Å²) in [6, 6.07) is 6.79. The largest absolute Gasteiger partial charge is 0.356 e. The molecular formula is C30H37FN6O3S. The van der Waals surface area contributed by atoms with Crippen LogP contribution in [0.2, 0.25) is 0 Å². The van der Waals surface area contributed by atoms with E-state index >= 15 is 0 Å². The molecule has 41 heavy (non-hydrogen) atoms. The van der Waals surface area contributed by atoms with Crippen LogP contribution in [0.25, 0.3) is 0 Å². The van der Waals surface area contributed by atoms with Gasteiger partial charge in [0.2, 0.25) is 12.3 Å². The van der Waals surface area contributed by atoms with E-state index in [1.54, 1.807) is 11.0 Å². The molecule has 4 aliphatic heterocycles. The molecule has 11 heteroatoms. The van der Waals surface area contributed by atoms with Gasteiger partial charge in [0, 0.05) is 42.1 Å². The van der Waals surface area contributed by atoms with Gasteiger partial charge in [0.25, 0.3) is 0 Å². The minimum Gasteiger partial charge on any atom is -0.356 e. The lowest BCUT2D eigenvalue weighted by Gasteiger charge is -2.49. The summed E-state index contributed by atoms with van der Waals surface area (Å²) in [4.78, 5) is 38.9. The van der Waals surface area contributed by atoms with Crippen LogP contribution in [0.3, 0.4) is 0 Å². The number of nitrogens with zero attached hydrogens (tertiary/aromatic N) is 5. The zero-order valence-corrected chi connectivity index (χ0v) is 24.2. The fourth-order valence-electron chi connectivity index (χ4n) is 7.18. The van der Waals surface area contributed by atoms with Gasteiger partial charge in [-0.2, -0.15) is 5.26 Å². The number of benzene rings is 1. The quantitative estimate of drug-likeness (QED) is 0.531. The van der Waals surface area contributed by atoms with E-state index in [1.807, 2.05) is 6.07 Å². The average molecular weight is 581 g/mol. The minimum atomic E-state index is -0.713. The van der Waals surface area contributed by atoms with Gasteiger partial charge in [-0.1, -0.05) is 12.6 Å². The molecule has 1 saturated carbocycles. The summed E-state index contributed by atoms with van der Waals surface area (Å²) in [5.41, 5.74) is 0.633. The molecule has 4 heterocycles. The average Bonchev–Trinajstić information content (AvgIpc) is 3.57. The van der Waals surface area contributed by atoms with Crippen LogP contribution in [0.4, 0.5) is 4.39 Å². The van der Waals surface area contributed by atoms with E-state index in [0.717, 1.165) is 36.5 Å². The molecule has 0 aromatic heterocycles. The number of likely N-dealkylation sites (N-methyl/N-ethyl adjacent to an activating group) is 1. The fourth-order valence-corrected chi connectivity index (χ4v) is 8.71. The number of aliphatic imine (C=N–C) groups is 1. The van der Waals surface area contributed by atoms with Gasteiger partial charge in [-0.15, -0.1) is 11.8 Å². The van der Waals surface area contributed by atoms with Crippen LogP contribution in [0, 0.1) is 23.1 Å². The predicted molar refractivity (Wildman–Crippen MR) is 154 cm³/mol. The Balaban J connectivity index is 1.27. The number of ether oxygens (including phenoxy) is 1. The lowest BCUT2D eigenvalue weighted by Crippen LogP contribution is -2.66. The van der Waals surface area contributed by atoms with Crippen LogP contribution in [-0.2, 0) is 20.7 Å². The maximum absolute atomic E-state index is 14.7. The maximum Gasteiger partial charge on any atom is 0.246 e. The molecule has 1 spiro atoms. The van der Waals surface area contributed by atoms with Crippen molar-refractivity contribution in [2.45, 2.75) is 72.6 Å². The van der Waals surface area contributed by atoms with Crippen LogP contribution in [0.5, 0.6) is 0 Å². The van der Waals surface area contributed by atoms with E-state index in [-0.39, 0.29) is 35.9 Å². The highest BCUT2D eigenvalue weighted by Gasteiger charge is 2.56. The number of thioether (sulfide) groups is 1. The number of hydrogen-bond donors (Lipinski definition) is 1. The molecule has 1 N–H and O–H groups in total. The van der Waals surface area contributed by atoms with Gasteiger partial charge in [0.15, 0.2) is 5.78 Å². The second kappa shape index (κ2) is 11.5. The van der Waals surface area contributed by atoms with Crippen LogP contribution in [0.15, 0.2) is 40.7 Å². The summed E-state index contributed by atoms with van der Waals surface area (Å²) in [5.74, 6) is 0.278. The Hall–Kier alpha value is -2.78. The summed E-state index contributed by atoms with van der Waals surface area (Å²) < 4.78 is 20.3. The standard InChI is InChI=1S/C30H37FN6O3S/c1-3-25(38)37-15-14-36(17-19(37)10-12-32)28-21-9-11-30(16-22-23(31)7-4-8-24(22)41-30)27(39)26(21)33-29(34-28)40-18-20-6-5-13-35(20)2/h3-4,7-8,19-21,26,29,33H,1,5-6,9-11,13-18H2,2H3/t19?,20?,21?,26?,29?,30-/m0/s1. The highest BCUT2D eigenvalue weighted by Crippen LogP contribution is 2.53. The van der Waals surface area contributed by atoms with E-state index in [4.69, 9.17) is 9.73 Å². The van der Waals surface area contributed by atoms with Crippen LogP contribution in [0.1, 0.15) is 37.7 Å². The third kappa shape index (κ3) is 5.20. The highest BCUT2D eigenvalue weighted by molar-refractivity contribution is 8.01. The number of hydrogen-bond acceptors (Lipinski definition) is 9. The van der Waals surface area contributed by atoms with Gasteiger partial charge in [-0.25, -0.2) is 9.38 Å². The number of carbonyl (C=O) groups is 2. The number of likely N-dealkylation sites (tertiary alicyclic amines) is 1. The lowest BCUT2D eigenvalue weighted by molar-refractivity contribution is -0.130. The molecule has 2 saturated heterocycles. The number of halogens is 1. The molecule has 1 aliphatic carbocycles. The van der Waals surface area contributed by atoms with E-state index in [1.165, 1.54) is 23.9 Å². The Kier molecular flexibility index (Phi) is 7.94. The molecule has 6 rings (SSSR count). The highest BCUT2D eigenvalue weighted by atomic mass is 32.2. The van der Waals surface area contributed by atoms with Crippen molar-refractivity contribution in [1.82, 2.24) is 20.0 Å². The number of nitrogens with one attached hydrogen (secondary N) is 1. The Labute approximate surface area is 244 Å². The molecule has 1 amide bonds. The van der Waals surface area contributed by atoms with E-state index < -0.39 is 17.1 Å². The van der Waals surface area contributed by atoms with Crippen molar-refractivity contribution in [3.05, 3.63) is 42.2 Å². The van der Waals surface area contributed by atoms with E-state index in [0.29, 0.717) is 50.7 Å². The second-order valence-electron chi connectivity index (χ2n) is 11.8. The molecule has 0 bridgehead atoms. The molecule has 6 atom stereocenters. The maximum atomic E-state index is 14.7. The number of nitriles is 1. The fraction of sp³-hybridized carbons (Fsp3) is 0.600. The van der Waals surface area contributed by atoms with Gasteiger partial charge >= 0.3 is 0 Å². The Morgan fingerprint density at radius 3 is 2.93 bits per heavy atom. The lowest BCUT2D eigenvalue weighted by atomic mass is 9.73.